The average Bonchev–Trinajstić information content (AvgIpc) is 3.52. The molecule has 1 aliphatic rings. The summed E-state index contributed by atoms with van der Waals surface area (Å²) in [7, 11) is 1.64. The smallest absolute Gasteiger partial charge is 0.266 e. The van der Waals surface area contributed by atoms with E-state index >= 15 is 0 Å². The second-order valence-corrected chi connectivity index (χ2v) is 9.85. The van der Waals surface area contributed by atoms with Gasteiger partial charge in [0.25, 0.3) is 5.91 Å². The standard InChI is InChI=1S/C29H30N4O2S/c1-5-32-19(2)16-22(20(32)3)17-27-28(34)33(15-14-21-18-30-26-9-7-6-8-25(21)26)29(36-27)31-23-10-12-24(35-4)13-11-23/h6-13,16-18,30H,5,14-15H2,1-4H3/b27-17-,31-29?. The van der Waals surface area contributed by atoms with Crippen LogP contribution in [0.15, 0.2) is 70.7 Å². The van der Waals surface area contributed by atoms with Crippen molar-refractivity contribution in [3.05, 3.63) is 88.2 Å². The fourth-order valence-electron chi connectivity index (χ4n) is 4.73. The summed E-state index contributed by atoms with van der Waals surface area (Å²) in [5, 5.41) is 1.88. The molecule has 1 amide bonds. The third kappa shape index (κ3) is 4.58. The zero-order valence-corrected chi connectivity index (χ0v) is 21.9. The van der Waals surface area contributed by atoms with Crippen molar-refractivity contribution in [1.82, 2.24) is 14.5 Å². The van der Waals surface area contributed by atoms with Crippen LogP contribution in [0.1, 0.15) is 29.4 Å². The number of benzene rings is 2. The van der Waals surface area contributed by atoms with Gasteiger partial charge in [0, 0.05) is 41.6 Å². The molecule has 0 aliphatic carbocycles. The minimum absolute atomic E-state index is 0.00611. The number of ether oxygens (including phenoxy) is 1. The molecule has 0 spiro atoms. The molecule has 1 aliphatic heterocycles. The number of carbonyl (C=O) groups is 1. The lowest BCUT2D eigenvalue weighted by Crippen LogP contribution is -2.31. The highest BCUT2D eigenvalue weighted by Gasteiger charge is 2.33. The quantitative estimate of drug-likeness (QED) is 0.297. The van der Waals surface area contributed by atoms with Crippen molar-refractivity contribution < 1.29 is 9.53 Å². The second-order valence-electron chi connectivity index (χ2n) is 8.84. The Labute approximate surface area is 215 Å². The molecule has 1 fully saturated rings. The lowest BCUT2D eigenvalue weighted by molar-refractivity contribution is -0.122. The SMILES string of the molecule is CCn1c(C)cc(/C=C2\SC(=Nc3ccc(OC)cc3)N(CCc3c[nH]c4ccccc34)C2=O)c1C. The van der Waals surface area contributed by atoms with E-state index in [4.69, 9.17) is 9.73 Å². The Balaban J connectivity index is 1.47. The minimum atomic E-state index is -0.00611. The summed E-state index contributed by atoms with van der Waals surface area (Å²) in [6.45, 7) is 7.80. The number of amides is 1. The largest absolute Gasteiger partial charge is 0.497 e. The summed E-state index contributed by atoms with van der Waals surface area (Å²) in [6.07, 6.45) is 4.78. The highest BCUT2D eigenvalue weighted by atomic mass is 32.2. The van der Waals surface area contributed by atoms with Gasteiger partial charge in [-0.15, -0.1) is 0 Å². The van der Waals surface area contributed by atoms with Gasteiger partial charge in [-0.3, -0.25) is 9.69 Å². The molecule has 6 nitrogen and oxygen atoms in total. The number of hydrogen-bond donors (Lipinski definition) is 1. The van der Waals surface area contributed by atoms with Gasteiger partial charge >= 0.3 is 0 Å². The van der Waals surface area contributed by atoms with Crippen LogP contribution in [0.25, 0.3) is 17.0 Å². The third-order valence-electron chi connectivity index (χ3n) is 6.68. The van der Waals surface area contributed by atoms with E-state index in [-0.39, 0.29) is 5.91 Å². The predicted octanol–water partition coefficient (Wildman–Crippen LogP) is 6.46. The number of H-pyrrole nitrogens is 1. The van der Waals surface area contributed by atoms with E-state index in [1.807, 2.05) is 53.6 Å². The lowest BCUT2D eigenvalue weighted by atomic mass is 10.1. The van der Waals surface area contributed by atoms with Crippen LogP contribution in [-0.4, -0.2) is 39.2 Å². The van der Waals surface area contributed by atoms with Crippen molar-refractivity contribution >= 4 is 45.5 Å². The molecule has 36 heavy (non-hydrogen) atoms. The molecule has 1 saturated heterocycles. The molecule has 2 aromatic heterocycles. The van der Waals surface area contributed by atoms with Gasteiger partial charge in [0.05, 0.1) is 17.7 Å². The Morgan fingerprint density at radius 3 is 2.61 bits per heavy atom. The number of aromatic amines is 1. The lowest BCUT2D eigenvalue weighted by Gasteiger charge is -2.15. The zero-order valence-electron chi connectivity index (χ0n) is 21.0. The molecule has 184 valence electrons. The van der Waals surface area contributed by atoms with Gasteiger partial charge in [0.2, 0.25) is 0 Å². The molecular weight excluding hydrogens is 468 g/mol. The van der Waals surface area contributed by atoms with Crippen LogP contribution in [0.2, 0.25) is 0 Å². The number of thioether (sulfide) groups is 1. The molecule has 4 aromatic rings. The molecule has 3 heterocycles. The first-order valence-corrected chi connectivity index (χ1v) is 13.0. The summed E-state index contributed by atoms with van der Waals surface area (Å²) in [6, 6.07) is 18.0. The van der Waals surface area contributed by atoms with Crippen molar-refractivity contribution in [1.29, 1.82) is 0 Å². The fourth-order valence-corrected chi connectivity index (χ4v) is 5.74. The summed E-state index contributed by atoms with van der Waals surface area (Å²) in [4.78, 5) is 24.3. The summed E-state index contributed by atoms with van der Waals surface area (Å²) in [5.41, 5.74) is 6.52. The van der Waals surface area contributed by atoms with E-state index in [1.165, 1.54) is 34.1 Å². The number of methoxy groups -OCH3 is 1. The second kappa shape index (κ2) is 10.1. The van der Waals surface area contributed by atoms with Crippen LogP contribution in [0.5, 0.6) is 5.75 Å². The average molecular weight is 499 g/mol. The van der Waals surface area contributed by atoms with Crippen molar-refractivity contribution in [2.45, 2.75) is 33.7 Å². The molecule has 7 heteroatoms. The number of fused-ring (bicyclic) bond motifs is 1. The van der Waals surface area contributed by atoms with Crippen LogP contribution in [0.4, 0.5) is 5.69 Å². The number of hydrogen-bond acceptors (Lipinski definition) is 4. The normalized spacial score (nSPS) is 16.1. The van der Waals surface area contributed by atoms with Crippen molar-refractivity contribution in [3.8, 4) is 5.75 Å². The Kier molecular flexibility index (Phi) is 6.74. The van der Waals surface area contributed by atoms with E-state index in [1.54, 1.807) is 7.11 Å². The molecule has 0 atom stereocenters. The van der Waals surface area contributed by atoms with Gasteiger partial charge in [-0.2, -0.15) is 0 Å². The van der Waals surface area contributed by atoms with E-state index in [0.29, 0.717) is 16.6 Å². The van der Waals surface area contributed by atoms with Crippen LogP contribution < -0.4 is 4.74 Å². The number of aliphatic imine (C=N–C) groups is 1. The number of aryl methyl sites for hydroxylation is 1. The highest BCUT2D eigenvalue weighted by molar-refractivity contribution is 8.18. The van der Waals surface area contributed by atoms with Crippen LogP contribution in [0, 0.1) is 13.8 Å². The monoisotopic (exact) mass is 498 g/mol. The van der Waals surface area contributed by atoms with Gasteiger partial charge in [0.15, 0.2) is 5.17 Å². The van der Waals surface area contributed by atoms with Gasteiger partial charge < -0.3 is 14.3 Å². The molecule has 2 aromatic carbocycles. The van der Waals surface area contributed by atoms with E-state index in [9.17, 15) is 4.79 Å². The highest BCUT2D eigenvalue weighted by Crippen LogP contribution is 2.35. The molecule has 5 rings (SSSR count). The van der Waals surface area contributed by atoms with Crippen LogP contribution in [-0.2, 0) is 17.8 Å². The van der Waals surface area contributed by atoms with E-state index in [2.05, 4.69) is 48.5 Å². The maximum Gasteiger partial charge on any atom is 0.266 e. The topological polar surface area (TPSA) is 62.6 Å². The fraction of sp³-hybridized carbons (Fsp3) is 0.241. The number of rotatable bonds is 7. The zero-order chi connectivity index (χ0) is 25.2. The Morgan fingerprint density at radius 2 is 1.89 bits per heavy atom. The molecule has 0 saturated carbocycles. The molecular formula is C29H30N4O2S. The number of para-hydroxylation sites is 1. The van der Waals surface area contributed by atoms with Gasteiger partial charge in [0.1, 0.15) is 5.75 Å². The Hall–Kier alpha value is -3.71. The van der Waals surface area contributed by atoms with E-state index in [0.717, 1.165) is 35.5 Å². The van der Waals surface area contributed by atoms with Gasteiger partial charge in [-0.25, -0.2) is 4.99 Å². The summed E-state index contributed by atoms with van der Waals surface area (Å²) >= 11 is 1.44. The number of amidine groups is 1. The summed E-state index contributed by atoms with van der Waals surface area (Å²) < 4.78 is 7.54. The Morgan fingerprint density at radius 1 is 1.11 bits per heavy atom. The van der Waals surface area contributed by atoms with Crippen molar-refractivity contribution in [2.24, 2.45) is 4.99 Å². The van der Waals surface area contributed by atoms with E-state index < -0.39 is 0 Å². The Bertz CT molecular complexity index is 1480. The number of nitrogens with one attached hydrogen (secondary N) is 1. The first-order valence-electron chi connectivity index (χ1n) is 12.1. The first-order chi connectivity index (χ1) is 17.5. The maximum atomic E-state index is 13.6. The first kappa shape index (κ1) is 24.0. The molecule has 0 radical (unpaired) electrons. The minimum Gasteiger partial charge on any atom is -0.497 e. The third-order valence-corrected chi connectivity index (χ3v) is 7.69. The van der Waals surface area contributed by atoms with Gasteiger partial charge in [-0.05, 0) is 92.6 Å². The molecule has 0 unspecified atom stereocenters. The number of aromatic nitrogens is 2. The predicted molar refractivity (Wildman–Crippen MR) is 149 cm³/mol. The summed E-state index contributed by atoms with van der Waals surface area (Å²) in [5.74, 6) is 0.769. The number of carbonyl (C=O) groups excluding carboxylic acids is 1. The maximum absolute atomic E-state index is 13.6. The molecule has 1 N–H and O–H groups in total. The number of nitrogens with zero attached hydrogens (tertiary/aromatic N) is 3. The molecule has 0 bridgehead atoms. The van der Waals surface area contributed by atoms with Crippen molar-refractivity contribution in [3.63, 3.8) is 0 Å². The van der Waals surface area contributed by atoms with Crippen LogP contribution in [0.3, 0.4) is 0 Å². The van der Waals surface area contributed by atoms with Crippen molar-refractivity contribution in [2.75, 3.05) is 13.7 Å². The van der Waals surface area contributed by atoms with Gasteiger partial charge in [-0.1, -0.05) is 18.2 Å². The van der Waals surface area contributed by atoms with Crippen LogP contribution >= 0.6 is 11.8 Å².